The van der Waals surface area contributed by atoms with Crippen molar-refractivity contribution >= 4 is 24.4 Å². The minimum Gasteiger partial charge on any atom is -0.461 e. The summed E-state index contributed by atoms with van der Waals surface area (Å²) in [5.41, 5.74) is 4.99. The molecule has 2 atom stereocenters. The van der Waals surface area contributed by atoms with Crippen LogP contribution >= 0.6 is 0 Å². The number of carbonyl (C=O) groups is 4. The van der Waals surface area contributed by atoms with Crippen LogP contribution in [-0.2, 0) is 34.9 Å². The number of esters is 1. The second-order valence-electron chi connectivity index (χ2n) is 11.9. The van der Waals surface area contributed by atoms with Gasteiger partial charge in [0, 0.05) is 0 Å². The van der Waals surface area contributed by atoms with E-state index in [-0.39, 0.29) is 30.6 Å². The molecule has 0 spiro atoms. The van der Waals surface area contributed by atoms with Crippen LogP contribution in [0.25, 0.3) is 0 Å². The molecule has 12 nitrogen and oxygen atoms in total. The predicted molar refractivity (Wildman–Crippen MR) is 156 cm³/mol. The van der Waals surface area contributed by atoms with Crippen molar-refractivity contribution in [2.24, 2.45) is 5.73 Å². The molecule has 1 aliphatic rings. The zero-order valence-corrected chi connectivity index (χ0v) is 26.4. The molecule has 43 heavy (non-hydrogen) atoms. The molecule has 12 heteroatoms. The normalized spacial score (nSPS) is 15.4. The maximum Gasteiger partial charge on any atom is 0.514 e. The Morgan fingerprint density at radius 2 is 1.42 bits per heavy atom. The lowest BCUT2D eigenvalue weighted by molar-refractivity contribution is -0.148. The van der Waals surface area contributed by atoms with Crippen molar-refractivity contribution < 1.29 is 52.3 Å². The minimum absolute atomic E-state index is 0.00273. The summed E-state index contributed by atoms with van der Waals surface area (Å²) in [4.78, 5) is 49.5. The number of benzene rings is 1. The van der Waals surface area contributed by atoms with E-state index in [0.717, 1.165) is 32.1 Å². The second kappa shape index (κ2) is 16.3. The Kier molecular flexibility index (Phi) is 13.6. The van der Waals surface area contributed by atoms with Gasteiger partial charge in [0.05, 0.1) is 0 Å². The van der Waals surface area contributed by atoms with Crippen LogP contribution in [0.15, 0.2) is 18.2 Å². The second-order valence-corrected chi connectivity index (χ2v) is 11.9. The van der Waals surface area contributed by atoms with Crippen molar-refractivity contribution in [1.29, 1.82) is 0 Å². The molecule has 0 unspecified atom stereocenters. The van der Waals surface area contributed by atoms with E-state index >= 15 is 0 Å². The third-order valence-electron chi connectivity index (χ3n) is 7.15. The lowest BCUT2D eigenvalue weighted by Gasteiger charge is -2.24. The van der Waals surface area contributed by atoms with E-state index < -0.39 is 47.8 Å². The largest absolute Gasteiger partial charge is 0.514 e. The van der Waals surface area contributed by atoms with Crippen molar-refractivity contribution in [2.45, 2.75) is 129 Å². The van der Waals surface area contributed by atoms with Gasteiger partial charge in [-0.15, -0.1) is 0 Å². The van der Waals surface area contributed by atoms with E-state index in [1.807, 2.05) is 13.8 Å². The van der Waals surface area contributed by atoms with E-state index in [1.54, 1.807) is 40.7 Å². The Bertz CT molecular complexity index is 1100. The summed E-state index contributed by atoms with van der Waals surface area (Å²) in [6, 6.07) is 3.27. The molecule has 1 aromatic carbocycles. The standard InChI is InChI=1S/C31H47NO11/c1-8-30(4,5)42-28(35)40-24-16-15-21(18-25(24)41-29(36)43-31(6,7)9-2)17-23(32)26(33)37-19-20(3)38-27(34)39-22-13-11-10-12-14-22/h15-16,18,20,22-23H,8-14,17,19,32H2,1-7H3/t20-,23-/m0/s1. The summed E-state index contributed by atoms with van der Waals surface area (Å²) in [6.07, 6.45) is 2.19. The van der Waals surface area contributed by atoms with Crippen LogP contribution in [0, 0.1) is 0 Å². The molecule has 0 aliphatic heterocycles. The number of ether oxygens (including phenoxy) is 7. The van der Waals surface area contributed by atoms with Gasteiger partial charge in [-0.1, -0.05) is 26.3 Å². The number of nitrogens with two attached hydrogens (primary N) is 1. The van der Waals surface area contributed by atoms with E-state index in [4.69, 9.17) is 38.9 Å². The summed E-state index contributed by atoms with van der Waals surface area (Å²) >= 11 is 0. The molecule has 2 N–H and O–H groups in total. The smallest absolute Gasteiger partial charge is 0.461 e. The van der Waals surface area contributed by atoms with E-state index in [2.05, 4.69) is 0 Å². The average molecular weight is 610 g/mol. The Morgan fingerprint density at radius 1 is 0.860 bits per heavy atom. The van der Waals surface area contributed by atoms with Crippen molar-refractivity contribution in [2.75, 3.05) is 6.61 Å². The molecule has 0 heterocycles. The van der Waals surface area contributed by atoms with E-state index in [0.29, 0.717) is 18.4 Å². The van der Waals surface area contributed by atoms with E-state index in [9.17, 15) is 19.2 Å². The number of carbonyl (C=O) groups excluding carboxylic acids is 4. The minimum atomic E-state index is -1.10. The fourth-order valence-electron chi connectivity index (χ4n) is 3.85. The number of hydrogen-bond acceptors (Lipinski definition) is 12. The van der Waals surface area contributed by atoms with Crippen LogP contribution in [0.4, 0.5) is 14.4 Å². The van der Waals surface area contributed by atoms with Gasteiger partial charge in [0.1, 0.15) is 36.1 Å². The Labute approximate surface area is 253 Å². The van der Waals surface area contributed by atoms with Crippen LogP contribution in [0.3, 0.4) is 0 Å². The van der Waals surface area contributed by atoms with Crippen LogP contribution < -0.4 is 15.2 Å². The molecular weight excluding hydrogens is 562 g/mol. The first kappa shape index (κ1) is 35.7. The highest BCUT2D eigenvalue weighted by atomic mass is 16.8. The number of hydrogen-bond donors (Lipinski definition) is 1. The molecule has 0 saturated heterocycles. The summed E-state index contributed by atoms with van der Waals surface area (Å²) in [5, 5.41) is 0. The molecule has 0 radical (unpaired) electrons. The van der Waals surface area contributed by atoms with Gasteiger partial charge in [-0.25, -0.2) is 14.4 Å². The SMILES string of the molecule is CCC(C)(C)OC(=O)Oc1ccc(C[C@H](N)C(=O)OC[C@H](C)OC(=O)OC2CCCCC2)cc1OC(=O)OC(C)(C)CC. The fourth-order valence-corrected chi connectivity index (χ4v) is 3.85. The molecule has 1 fully saturated rings. The first-order valence-electron chi connectivity index (χ1n) is 14.9. The van der Waals surface area contributed by atoms with Gasteiger partial charge >= 0.3 is 24.4 Å². The van der Waals surface area contributed by atoms with Crippen LogP contribution in [-0.4, -0.2) is 60.5 Å². The van der Waals surface area contributed by atoms with Gasteiger partial charge in [-0.3, -0.25) is 4.79 Å². The zero-order valence-electron chi connectivity index (χ0n) is 26.4. The predicted octanol–water partition coefficient (Wildman–Crippen LogP) is 6.38. The Hall–Kier alpha value is -3.54. The molecule has 0 amide bonds. The Morgan fingerprint density at radius 3 is 1.98 bits per heavy atom. The van der Waals surface area contributed by atoms with Crippen molar-refractivity contribution in [3.05, 3.63) is 23.8 Å². The topological polar surface area (TPSA) is 159 Å². The van der Waals surface area contributed by atoms with Gasteiger partial charge in [-0.2, -0.15) is 0 Å². The highest BCUT2D eigenvalue weighted by molar-refractivity contribution is 5.76. The third-order valence-corrected chi connectivity index (χ3v) is 7.15. The molecule has 0 aromatic heterocycles. The van der Waals surface area contributed by atoms with Gasteiger partial charge in [0.25, 0.3) is 0 Å². The Balaban J connectivity index is 2.02. The third kappa shape index (κ3) is 13.1. The van der Waals surface area contributed by atoms with Gasteiger partial charge < -0.3 is 38.9 Å². The van der Waals surface area contributed by atoms with Crippen molar-refractivity contribution in [1.82, 2.24) is 0 Å². The van der Waals surface area contributed by atoms with Gasteiger partial charge in [0.2, 0.25) is 0 Å². The van der Waals surface area contributed by atoms with Crippen molar-refractivity contribution in [3.63, 3.8) is 0 Å². The first-order chi connectivity index (χ1) is 20.1. The zero-order chi connectivity index (χ0) is 32.2. The molecule has 1 saturated carbocycles. The quantitative estimate of drug-likeness (QED) is 0.150. The summed E-state index contributed by atoms with van der Waals surface area (Å²) < 4.78 is 37.1. The lowest BCUT2D eigenvalue weighted by atomic mass is 9.98. The summed E-state index contributed by atoms with van der Waals surface area (Å²) in [6.45, 7) is 12.0. The average Bonchev–Trinajstić information content (AvgIpc) is 2.92. The monoisotopic (exact) mass is 609 g/mol. The molecule has 1 aliphatic carbocycles. The fraction of sp³-hybridized carbons (Fsp3) is 0.677. The van der Waals surface area contributed by atoms with Crippen LogP contribution in [0.5, 0.6) is 11.5 Å². The van der Waals surface area contributed by atoms with Crippen LogP contribution in [0.1, 0.15) is 99.0 Å². The molecular formula is C31H47NO11. The summed E-state index contributed by atoms with van der Waals surface area (Å²) in [5.74, 6) is -0.942. The molecule has 0 bridgehead atoms. The van der Waals surface area contributed by atoms with Crippen LogP contribution in [0.2, 0.25) is 0 Å². The molecule has 242 valence electrons. The maximum absolute atomic E-state index is 12.6. The highest BCUT2D eigenvalue weighted by Gasteiger charge is 2.27. The van der Waals surface area contributed by atoms with Gasteiger partial charge in [-0.05, 0) is 97.3 Å². The number of rotatable bonds is 13. The highest BCUT2D eigenvalue weighted by Crippen LogP contribution is 2.31. The summed E-state index contributed by atoms with van der Waals surface area (Å²) in [7, 11) is 0. The van der Waals surface area contributed by atoms with Gasteiger partial charge in [0.15, 0.2) is 11.5 Å². The molecule has 1 aromatic rings. The molecule has 2 rings (SSSR count). The van der Waals surface area contributed by atoms with Crippen molar-refractivity contribution in [3.8, 4) is 11.5 Å². The van der Waals surface area contributed by atoms with E-state index in [1.165, 1.54) is 12.1 Å². The first-order valence-corrected chi connectivity index (χ1v) is 14.9. The lowest BCUT2D eigenvalue weighted by Crippen LogP contribution is -2.36. The maximum atomic E-state index is 12.6.